The quantitative estimate of drug-likeness (QED) is 0.785. The molecule has 1 aliphatic heterocycles. The lowest BCUT2D eigenvalue weighted by atomic mass is 10.0. The molecule has 7 heteroatoms. The van der Waals surface area contributed by atoms with E-state index in [0.29, 0.717) is 12.6 Å². The molecule has 122 valence electrons. The zero-order valence-corrected chi connectivity index (χ0v) is 13.7. The van der Waals surface area contributed by atoms with Crippen LogP contribution in [0.5, 0.6) is 0 Å². The number of rotatable bonds is 5. The Kier molecular flexibility index (Phi) is 4.97. The van der Waals surface area contributed by atoms with Crippen LogP contribution in [-0.2, 0) is 6.54 Å². The fourth-order valence-corrected chi connectivity index (χ4v) is 3.43. The summed E-state index contributed by atoms with van der Waals surface area (Å²) >= 11 is 1.70. The van der Waals surface area contributed by atoms with E-state index in [9.17, 15) is 4.79 Å². The van der Waals surface area contributed by atoms with Crippen molar-refractivity contribution in [3.05, 3.63) is 41.4 Å². The molecule has 0 saturated carbocycles. The van der Waals surface area contributed by atoms with E-state index in [0.717, 1.165) is 42.3 Å². The predicted octanol–water partition coefficient (Wildman–Crippen LogP) is 2.39. The monoisotopic (exact) mass is 331 g/mol. The molecule has 0 radical (unpaired) electrons. The lowest BCUT2D eigenvalue weighted by Crippen LogP contribution is -2.39. The van der Waals surface area contributed by atoms with Gasteiger partial charge >= 0.3 is 6.03 Å². The molecule has 2 amide bonds. The van der Waals surface area contributed by atoms with Crippen molar-refractivity contribution in [3.8, 4) is 0 Å². The van der Waals surface area contributed by atoms with Crippen molar-refractivity contribution in [3.63, 3.8) is 0 Å². The third kappa shape index (κ3) is 4.35. The maximum Gasteiger partial charge on any atom is 0.312 e. The average Bonchev–Trinajstić information content (AvgIpc) is 3.09. The number of hydrogen-bond acceptors (Lipinski definition) is 5. The molecule has 23 heavy (non-hydrogen) atoms. The molecular weight excluding hydrogens is 310 g/mol. The van der Waals surface area contributed by atoms with Gasteiger partial charge in [-0.05, 0) is 30.5 Å². The number of amides is 2. The van der Waals surface area contributed by atoms with Crippen molar-refractivity contribution >= 4 is 28.2 Å². The predicted molar refractivity (Wildman–Crippen MR) is 93.8 cm³/mol. The molecule has 3 rings (SSSR count). The molecule has 6 nitrogen and oxygen atoms in total. The normalized spacial score (nSPS) is 15.4. The fourth-order valence-electron chi connectivity index (χ4n) is 2.73. The lowest BCUT2D eigenvalue weighted by Gasteiger charge is -2.32. The number of benzene rings is 1. The molecule has 1 aromatic carbocycles. The first-order chi connectivity index (χ1) is 11.2. The molecule has 2 aromatic rings. The summed E-state index contributed by atoms with van der Waals surface area (Å²) in [6.45, 7) is 2.53. The summed E-state index contributed by atoms with van der Waals surface area (Å²) in [6.07, 6.45) is 4.06. The van der Waals surface area contributed by atoms with E-state index in [1.807, 2.05) is 35.8 Å². The standard InChI is InChI=1S/C16H21N5OS/c17-15(22)19-11-12-1-3-13(4-2-12)20-14-5-8-21(9-6-14)16-18-7-10-23-16/h1-4,7,10,14,20H,5-6,8-9,11H2,(H3,17,19,22). The van der Waals surface area contributed by atoms with Crippen molar-refractivity contribution < 1.29 is 4.79 Å². The van der Waals surface area contributed by atoms with Crippen molar-refractivity contribution in [2.24, 2.45) is 5.73 Å². The van der Waals surface area contributed by atoms with Gasteiger partial charge in [0, 0.05) is 42.9 Å². The van der Waals surface area contributed by atoms with Crippen LogP contribution in [0.4, 0.5) is 15.6 Å². The van der Waals surface area contributed by atoms with Gasteiger partial charge in [-0.3, -0.25) is 0 Å². The number of nitrogens with two attached hydrogens (primary N) is 1. The number of anilines is 2. The summed E-state index contributed by atoms with van der Waals surface area (Å²) in [7, 11) is 0. The Bertz CT molecular complexity index is 620. The van der Waals surface area contributed by atoms with E-state index in [2.05, 4.69) is 20.5 Å². The van der Waals surface area contributed by atoms with Gasteiger partial charge in [-0.15, -0.1) is 11.3 Å². The Balaban J connectivity index is 1.47. The van der Waals surface area contributed by atoms with Crippen molar-refractivity contribution in [1.29, 1.82) is 0 Å². The third-order valence-electron chi connectivity index (χ3n) is 3.98. The lowest BCUT2D eigenvalue weighted by molar-refractivity contribution is 0.248. The van der Waals surface area contributed by atoms with E-state index in [1.54, 1.807) is 11.3 Å². The summed E-state index contributed by atoms with van der Waals surface area (Å²) in [5.74, 6) is 0. The van der Waals surface area contributed by atoms with Crippen LogP contribution < -0.4 is 21.3 Å². The van der Waals surface area contributed by atoms with Crippen molar-refractivity contribution in [2.45, 2.75) is 25.4 Å². The highest BCUT2D eigenvalue weighted by atomic mass is 32.1. The number of carbonyl (C=O) groups is 1. The molecule has 0 bridgehead atoms. The zero-order valence-electron chi connectivity index (χ0n) is 12.9. The molecule has 0 aliphatic carbocycles. The smallest absolute Gasteiger partial charge is 0.312 e. The van der Waals surface area contributed by atoms with Crippen LogP contribution in [0.3, 0.4) is 0 Å². The highest BCUT2D eigenvalue weighted by Crippen LogP contribution is 2.23. The topological polar surface area (TPSA) is 83.3 Å². The van der Waals surface area contributed by atoms with E-state index in [-0.39, 0.29) is 0 Å². The highest BCUT2D eigenvalue weighted by Gasteiger charge is 2.20. The second kappa shape index (κ2) is 7.32. The third-order valence-corrected chi connectivity index (χ3v) is 4.81. The number of thiazole rings is 1. The summed E-state index contributed by atoms with van der Waals surface area (Å²) in [5.41, 5.74) is 7.22. The SMILES string of the molecule is NC(=O)NCc1ccc(NC2CCN(c3nccs3)CC2)cc1. The first kappa shape index (κ1) is 15.6. The van der Waals surface area contributed by atoms with Gasteiger partial charge in [-0.25, -0.2) is 9.78 Å². The molecule has 0 unspecified atom stereocenters. The summed E-state index contributed by atoms with van der Waals surface area (Å²) in [6, 6.07) is 8.09. The van der Waals surface area contributed by atoms with Gasteiger partial charge in [0.05, 0.1) is 0 Å². The second-order valence-electron chi connectivity index (χ2n) is 5.64. The van der Waals surface area contributed by atoms with Gasteiger partial charge in [0.2, 0.25) is 0 Å². The molecule has 1 aliphatic rings. The number of hydrogen-bond donors (Lipinski definition) is 3. The number of carbonyl (C=O) groups excluding carboxylic acids is 1. The van der Waals surface area contributed by atoms with Crippen molar-refractivity contribution in [2.75, 3.05) is 23.3 Å². The molecule has 0 atom stereocenters. The van der Waals surface area contributed by atoms with E-state index in [4.69, 9.17) is 5.73 Å². The Hall–Kier alpha value is -2.28. The average molecular weight is 331 g/mol. The highest BCUT2D eigenvalue weighted by molar-refractivity contribution is 7.13. The van der Waals surface area contributed by atoms with Crippen LogP contribution >= 0.6 is 11.3 Å². The Morgan fingerprint density at radius 2 is 2.04 bits per heavy atom. The minimum atomic E-state index is -0.501. The number of nitrogens with one attached hydrogen (secondary N) is 2. The van der Waals surface area contributed by atoms with Gasteiger partial charge < -0.3 is 21.3 Å². The number of nitrogens with zero attached hydrogens (tertiary/aromatic N) is 2. The zero-order chi connectivity index (χ0) is 16.1. The molecule has 1 aromatic heterocycles. The van der Waals surface area contributed by atoms with Crippen LogP contribution in [0.1, 0.15) is 18.4 Å². The number of aromatic nitrogens is 1. The molecule has 1 fully saturated rings. The Morgan fingerprint density at radius 3 is 2.65 bits per heavy atom. The fraction of sp³-hybridized carbons (Fsp3) is 0.375. The van der Waals surface area contributed by atoms with Crippen LogP contribution in [0.2, 0.25) is 0 Å². The summed E-state index contributed by atoms with van der Waals surface area (Å²) in [4.78, 5) is 17.4. The molecule has 1 saturated heterocycles. The van der Waals surface area contributed by atoms with Gasteiger partial charge in [0.1, 0.15) is 0 Å². The molecule has 4 N–H and O–H groups in total. The second-order valence-corrected chi connectivity index (χ2v) is 6.51. The molecule has 2 heterocycles. The maximum absolute atomic E-state index is 10.7. The van der Waals surface area contributed by atoms with Crippen molar-refractivity contribution in [1.82, 2.24) is 10.3 Å². The Labute approximate surface area is 139 Å². The van der Waals surface area contributed by atoms with Gasteiger partial charge in [0.15, 0.2) is 5.13 Å². The van der Waals surface area contributed by atoms with Crippen LogP contribution in [0.15, 0.2) is 35.8 Å². The Morgan fingerprint density at radius 1 is 1.30 bits per heavy atom. The van der Waals surface area contributed by atoms with Gasteiger partial charge in [-0.1, -0.05) is 12.1 Å². The van der Waals surface area contributed by atoms with E-state index < -0.39 is 6.03 Å². The van der Waals surface area contributed by atoms with E-state index in [1.165, 1.54) is 0 Å². The largest absolute Gasteiger partial charge is 0.382 e. The molecule has 0 spiro atoms. The van der Waals surface area contributed by atoms with Crippen LogP contribution in [-0.4, -0.2) is 30.1 Å². The van der Waals surface area contributed by atoms with E-state index >= 15 is 0 Å². The minimum absolute atomic E-state index is 0.460. The number of urea groups is 1. The van der Waals surface area contributed by atoms with Crippen LogP contribution in [0, 0.1) is 0 Å². The number of piperidine rings is 1. The van der Waals surface area contributed by atoms with Crippen LogP contribution in [0.25, 0.3) is 0 Å². The minimum Gasteiger partial charge on any atom is -0.382 e. The summed E-state index contributed by atoms with van der Waals surface area (Å²) in [5, 5.41) is 9.31. The first-order valence-electron chi connectivity index (χ1n) is 7.74. The molecular formula is C16H21N5OS. The van der Waals surface area contributed by atoms with Gasteiger partial charge in [0.25, 0.3) is 0 Å². The summed E-state index contributed by atoms with van der Waals surface area (Å²) < 4.78 is 0. The number of primary amides is 1. The first-order valence-corrected chi connectivity index (χ1v) is 8.62. The maximum atomic E-state index is 10.7. The van der Waals surface area contributed by atoms with Gasteiger partial charge in [-0.2, -0.15) is 0 Å².